The Kier molecular flexibility index (Phi) is 18.9. The van der Waals surface area contributed by atoms with E-state index in [1.54, 1.807) is 46.7 Å². The van der Waals surface area contributed by atoms with Crippen molar-refractivity contribution < 1.29 is 119 Å². The van der Waals surface area contributed by atoms with Crippen LogP contribution < -0.4 is 0 Å². The van der Waals surface area contributed by atoms with Gasteiger partial charge in [-0.25, -0.2) is 0 Å². The minimum Gasteiger partial charge on any atom is -0.506 e. The fourth-order valence-corrected chi connectivity index (χ4v) is 5.71. The minimum atomic E-state index is -4.94. The van der Waals surface area contributed by atoms with Crippen LogP contribution in [-0.4, -0.2) is 61.2 Å². The van der Waals surface area contributed by atoms with Crippen molar-refractivity contribution in [2.75, 3.05) is 0 Å². The van der Waals surface area contributed by atoms with Gasteiger partial charge in [-0.2, -0.15) is 39.5 Å². The smallest absolute Gasteiger partial charge is 0.454 e. The number of fused-ring (bicyclic) bond motifs is 3. The average Bonchev–Trinajstić information content (AvgIpc) is 3.96. The van der Waals surface area contributed by atoms with Gasteiger partial charge in [-0.3, -0.25) is 24.4 Å². The Labute approximate surface area is 368 Å². The van der Waals surface area contributed by atoms with Crippen molar-refractivity contribution in [2.24, 2.45) is 0 Å². The normalized spacial score (nSPS) is 12.2. The van der Waals surface area contributed by atoms with Crippen molar-refractivity contribution in [1.29, 1.82) is 0 Å². The topological polar surface area (TPSA) is 138 Å². The predicted octanol–water partition coefficient (Wildman–Crippen LogP) is 11.1. The van der Waals surface area contributed by atoms with Crippen LogP contribution in [-0.2, 0) is 14.4 Å². The molecule has 6 aromatic rings. The van der Waals surface area contributed by atoms with E-state index in [0.29, 0.717) is 0 Å². The van der Waals surface area contributed by atoms with Crippen LogP contribution in [0.3, 0.4) is 0 Å². The second-order valence-corrected chi connectivity index (χ2v) is 13.2. The third-order valence-electron chi connectivity index (χ3n) is 6.31. The van der Waals surface area contributed by atoms with Crippen LogP contribution in [0, 0.1) is 49.4 Å². The number of carbonyl (C=O) groups excluding carboxylic acids is 3. The zero-order chi connectivity index (χ0) is 41.7. The molecule has 21 heteroatoms. The molecule has 0 aliphatic heterocycles. The Morgan fingerprint density at radius 1 is 0.474 bits per heavy atom. The average molecular weight is 999 g/mol. The number of halogens is 9. The summed E-state index contributed by atoms with van der Waals surface area (Å²) in [4.78, 5) is 40.6. The van der Waals surface area contributed by atoms with Crippen molar-refractivity contribution in [3.8, 4) is 0 Å². The van der Waals surface area contributed by atoms with E-state index in [1.165, 1.54) is 18.2 Å². The summed E-state index contributed by atoms with van der Waals surface area (Å²) in [6, 6.07) is 21.1. The van der Waals surface area contributed by atoms with Crippen LogP contribution in [0.15, 0.2) is 120 Å². The fraction of sp³-hybridized carbons (Fsp3) is 0.0833. The number of aliphatic hydroxyl groups is 3. The van der Waals surface area contributed by atoms with Gasteiger partial charge in [0.25, 0.3) is 17.3 Å². The number of pyridine rings is 2. The summed E-state index contributed by atoms with van der Waals surface area (Å²) in [6.07, 6.45) is -10.7. The van der Waals surface area contributed by atoms with E-state index >= 15 is 0 Å². The van der Waals surface area contributed by atoms with Crippen molar-refractivity contribution in [3.63, 3.8) is 0 Å². The van der Waals surface area contributed by atoms with E-state index in [0.717, 1.165) is 55.8 Å². The van der Waals surface area contributed by atoms with Gasteiger partial charge in [0.05, 0.1) is 25.7 Å². The van der Waals surface area contributed by atoms with Gasteiger partial charge in [-0.1, -0.05) is 42.5 Å². The Balaban J connectivity index is 0.000000261. The van der Waals surface area contributed by atoms with Gasteiger partial charge < -0.3 is 15.3 Å². The Morgan fingerprint density at radius 3 is 0.982 bits per heavy atom. The van der Waals surface area contributed by atoms with Crippen molar-refractivity contribution in [1.82, 2.24) is 9.97 Å². The Morgan fingerprint density at radius 2 is 0.754 bits per heavy atom. The number of carbonyl (C=O) groups is 3. The summed E-state index contributed by atoms with van der Waals surface area (Å²) in [5.74, 6) is -8.19. The van der Waals surface area contributed by atoms with Gasteiger partial charge in [-0.05, 0) is 46.5 Å². The van der Waals surface area contributed by atoms with Gasteiger partial charge in [0.15, 0.2) is 0 Å². The summed E-state index contributed by atoms with van der Waals surface area (Å²) >= 11 is 3.14. The molecule has 5 heterocycles. The molecule has 8 nitrogen and oxygen atoms in total. The van der Waals surface area contributed by atoms with Gasteiger partial charge in [0.1, 0.15) is 17.3 Å². The first-order chi connectivity index (χ1) is 26.2. The summed E-state index contributed by atoms with van der Waals surface area (Å²) in [5, 5.41) is 34.3. The fourth-order valence-electron chi connectivity index (χ4n) is 3.78. The number of allylic oxidation sites excluding steroid dienone is 3. The van der Waals surface area contributed by atoms with Crippen LogP contribution in [0.5, 0.6) is 0 Å². The number of hydrogen-bond acceptors (Lipinski definition) is 11. The Hall–Kier alpha value is -4.28. The standard InChI is InChI=1S/C12H8N2.3C8H5F3O2S.Eu/c1-3-9-5-6-10-4-2-8-14-12(10)11(9)13-7-1;3*9-8(10,11)7(13)4-5(12)6-2-1-3-14-6;/h1-8H;3*1-4,12H;/b;3*5-4-;. The number of aliphatic hydroxyl groups excluding tert-OH is 3. The summed E-state index contributed by atoms with van der Waals surface area (Å²) in [7, 11) is 0. The Bertz CT molecular complexity index is 2090. The molecule has 57 heavy (non-hydrogen) atoms. The maximum atomic E-state index is 11.7. The van der Waals surface area contributed by atoms with Crippen molar-refractivity contribution in [3.05, 3.63) is 134 Å². The van der Waals surface area contributed by atoms with E-state index in [2.05, 4.69) is 34.2 Å². The molecule has 1 radical (unpaired) electrons. The second kappa shape index (κ2) is 22.0. The molecule has 1 aromatic carbocycles. The molecular formula is C36H23EuF9N2O6S3. The summed E-state index contributed by atoms with van der Waals surface area (Å²) in [6.45, 7) is 0. The number of aromatic nitrogens is 2. The summed E-state index contributed by atoms with van der Waals surface area (Å²) < 4.78 is 106. The number of thiophene rings is 3. The quantitative estimate of drug-likeness (QED) is 0.0649. The maximum absolute atomic E-state index is 11.7. The molecule has 0 atom stereocenters. The first-order valence-electron chi connectivity index (χ1n) is 14.9. The largest absolute Gasteiger partial charge is 0.506 e. The number of ketones is 3. The molecule has 5 aromatic heterocycles. The molecule has 301 valence electrons. The van der Waals surface area contributed by atoms with Crippen molar-refractivity contribution in [2.45, 2.75) is 18.5 Å². The van der Waals surface area contributed by atoms with Crippen molar-refractivity contribution >= 4 is 90.4 Å². The predicted molar refractivity (Wildman–Crippen MR) is 195 cm³/mol. The van der Waals surface area contributed by atoms with Crippen LogP contribution in [0.4, 0.5) is 39.5 Å². The molecule has 3 N–H and O–H groups in total. The SMILES string of the molecule is O=C(/C=C(\O)c1cccs1)C(F)(F)F.O=C(/C=C(\O)c1cccs1)C(F)(F)F.O=C(/C=C(\O)c1cccs1)C(F)(F)F.[Eu].c1cnc2c(c1)ccc1cccnc12. The van der Waals surface area contributed by atoms with E-state index in [-0.39, 0.29) is 82.2 Å². The zero-order valence-electron chi connectivity index (χ0n) is 28.0. The van der Waals surface area contributed by atoms with Gasteiger partial charge in [0.2, 0.25) is 0 Å². The molecule has 0 aliphatic carbocycles. The van der Waals surface area contributed by atoms with E-state index < -0.39 is 53.2 Å². The van der Waals surface area contributed by atoms with E-state index in [4.69, 9.17) is 15.3 Å². The monoisotopic (exact) mass is 999 g/mol. The van der Waals surface area contributed by atoms with Crippen LogP contribution in [0.1, 0.15) is 14.6 Å². The van der Waals surface area contributed by atoms with E-state index in [9.17, 15) is 53.9 Å². The molecule has 0 amide bonds. The number of alkyl halides is 9. The number of nitrogens with zero attached hydrogens (tertiary/aromatic N) is 2. The number of benzene rings is 1. The summed E-state index contributed by atoms with van der Waals surface area (Å²) in [5.41, 5.74) is 1.95. The van der Waals surface area contributed by atoms with Gasteiger partial charge in [-0.15, -0.1) is 34.0 Å². The first-order valence-corrected chi connectivity index (χ1v) is 17.6. The van der Waals surface area contributed by atoms with Crippen LogP contribution in [0.2, 0.25) is 0 Å². The maximum Gasteiger partial charge on any atom is 0.454 e. The molecular weight excluding hydrogens is 976 g/mol. The third kappa shape index (κ3) is 15.9. The molecule has 0 fully saturated rings. The van der Waals surface area contributed by atoms with Gasteiger partial charge in [0, 0.05) is 90.8 Å². The molecule has 0 bridgehead atoms. The zero-order valence-corrected chi connectivity index (χ0v) is 32.9. The molecule has 0 saturated carbocycles. The minimum absolute atomic E-state index is 0. The molecule has 0 spiro atoms. The molecule has 0 saturated heterocycles. The van der Waals surface area contributed by atoms with Crippen LogP contribution in [0.25, 0.3) is 39.1 Å². The number of rotatable bonds is 6. The molecule has 0 aliphatic rings. The molecule has 6 rings (SSSR count). The molecule has 0 unspecified atom stereocenters. The van der Waals surface area contributed by atoms with E-state index in [1.807, 2.05) is 12.1 Å². The third-order valence-corrected chi connectivity index (χ3v) is 8.98. The van der Waals surface area contributed by atoms with Gasteiger partial charge >= 0.3 is 18.5 Å². The first kappa shape index (κ1) is 48.9. The van der Waals surface area contributed by atoms with Crippen LogP contribution >= 0.6 is 34.0 Å². The number of hydrogen-bond donors (Lipinski definition) is 3. The second-order valence-electron chi connectivity index (χ2n) is 10.3.